The fourth-order valence-corrected chi connectivity index (χ4v) is 4.39. The number of sulfone groups is 1. The van der Waals surface area contributed by atoms with Gasteiger partial charge in [0.15, 0.2) is 9.84 Å². The maximum Gasteiger partial charge on any atom is 0.317 e. The zero-order valence-electron chi connectivity index (χ0n) is 11.1. The van der Waals surface area contributed by atoms with Gasteiger partial charge in [-0.1, -0.05) is 23.7 Å². The van der Waals surface area contributed by atoms with Crippen LogP contribution in [0, 0.1) is 5.82 Å². The van der Waals surface area contributed by atoms with Crippen molar-refractivity contribution in [2.24, 2.45) is 0 Å². The van der Waals surface area contributed by atoms with Gasteiger partial charge in [0.1, 0.15) is 5.82 Å². The third-order valence-corrected chi connectivity index (χ3v) is 5.64. The largest absolute Gasteiger partial charge is 0.480 e. The predicted octanol–water partition coefficient (Wildman–Crippen LogP) is 1.55. The van der Waals surface area contributed by atoms with E-state index in [4.69, 9.17) is 16.7 Å². The number of rotatable bonds is 5. The predicted molar refractivity (Wildman–Crippen MR) is 76.5 cm³/mol. The van der Waals surface area contributed by atoms with Crippen molar-refractivity contribution in [2.75, 3.05) is 18.1 Å². The van der Waals surface area contributed by atoms with Gasteiger partial charge in [0, 0.05) is 12.6 Å². The van der Waals surface area contributed by atoms with Crippen molar-refractivity contribution in [1.82, 2.24) is 4.90 Å². The first-order valence-electron chi connectivity index (χ1n) is 6.37. The SMILES string of the molecule is O=C(O)CN(Cc1cccc(F)c1Cl)C1CCS(=O)(=O)C1. The first-order valence-corrected chi connectivity index (χ1v) is 8.57. The number of hydrogen-bond donors (Lipinski definition) is 1. The summed E-state index contributed by atoms with van der Waals surface area (Å²) in [6, 6.07) is 3.92. The second kappa shape index (κ2) is 6.29. The number of benzene rings is 1. The van der Waals surface area contributed by atoms with Gasteiger partial charge in [-0.2, -0.15) is 0 Å². The molecular formula is C13H15ClFNO4S. The van der Waals surface area contributed by atoms with Gasteiger partial charge in [-0.05, 0) is 18.1 Å². The minimum Gasteiger partial charge on any atom is -0.480 e. The van der Waals surface area contributed by atoms with Crippen molar-refractivity contribution in [3.63, 3.8) is 0 Å². The van der Waals surface area contributed by atoms with Crippen molar-refractivity contribution in [3.8, 4) is 0 Å². The van der Waals surface area contributed by atoms with Gasteiger partial charge >= 0.3 is 5.97 Å². The lowest BCUT2D eigenvalue weighted by atomic mass is 10.1. The van der Waals surface area contributed by atoms with Crippen LogP contribution in [-0.2, 0) is 21.2 Å². The molecule has 0 spiro atoms. The van der Waals surface area contributed by atoms with Crippen LogP contribution in [-0.4, -0.2) is 48.5 Å². The maximum absolute atomic E-state index is 13.4. The lowest BCUT2D eigenvalue weighted by Gasteiger charge is -2.26. The van der Waals surface area contributed by atoms with E-state index < -0.39 is 21.6 Å². The number of halogens is 2. The first kappa shape index (κ1) is 16.2. The monoisotopic (exact) mass is 335 g/mol. The average molecular weight is 336 g/mol. The van der Waals surface area contributed by atoms with E-state index in [2.05, 4.69) is 0 Å². The Kier molecular flexibility index (Phi) is 4.85. The third-order valence-electron chi connectivity index (χ3n) is 3.47. The molecule has 1 aromatic carbocycles. The number of aliphatic carboxylic acids is 1. The molecule has 1 atom stereocenters. The lowest BCUT2D eigenvalue weighted by Crippen LogP contribution is -2.39. The van der Waals surface area contributed by atoms with E-state index in [0.29, 0.717) is 12.0 Å². The smallest absolute Gasteiger partial charge is 0.317 e. The van der Waals surface area contributed by atoms with Crippen molar-refractivity contribution in [3.05, 3.63) is 34.6 Å². The van der Waals surface area contributed by atoms with Crippen LogP contribution in [0.2, 0.25) is 5.02 Å². The summed E-state index contributed by atoms with van der Waals surface area (Å²) in [4.78, 5) is 12.5. The molecule has 0 aliphatic carbocycles. The van der Waals surface area contributed by atoms with Crippen LogP contribution in [0.25, 0.3) is 0 Å². The molecule has 1 aromatic rings. The second-order valence-corrected chi connectivity index (χ2v) is 7.68. The normalized spacial score (nSPS) is 20.8. The van der Waals surface area contributed by atoms with Crippen LogP contribution in [0.5, 0.6) is 0 Å². The van der Waals surface area contributed by atoms with Gasteiger partial charge in [0.25, 0.3) is 0 Å². The fourth-order valence-electron chi connectivity index (χ4n) is 2.44. The zero-order chi connectivity index (χ0) is 15.6. The summed E-state index contributed by atoms with van der Waals surface area (Å²) in [6.45, 7) is -0.212. The molecule has 0 radical (unpaired) electrons. The van der Waals surface area contributed by atoms with E-state index in [1.54, 1.807) is 6.07 Å². The quantitative estimate of drug-likeness (QED) is 0.883. The van der Waals surface area contributed by atoms with Crippen molar-refractivity contribution in [2.45, 2.75) is 19.0 Å². The van der Waals surface area contributed by atoms with E-state index in [-0.39, 0.29) is 35.7 Å². The first-order chi connectivity index (χ1) is 9.78. The topological polar surface area (TPSA) is 74.7 Å². The molecule has 116 valence electrons. The molecule has 1 aliphatic heterocycles. The highest BCUT2D eigenvalue weighted by molar-refractivity contribution is 7.91. The molecule has 21 heavy (non-hydrogen) atoms. The second-order valence-electron chi connectivity index (χ2n) is 5.07. The summed E-state index contributed by atoms with van der Waals surface area (Å²) >= 11 is 5.87. The van der Waals surface area contributed by atoms with E-state index in [9.17, 15) is 17.6 Å². The Hall–Kier alpha value is -1.18. The van der Waals surface area contributed by atoms with E-state index >= 15 is 0 Å². The van der Waals surface area contributed by atoms with Crippen LogP contribution in [0.1, 0.15) is 12.0 Å². The number of carboxylic acids is 1. The van der Waals surface area contributed by atoms with Gasteiger partial charge < -0.3 is 5.11 Å². The summed E-state index contributed by atoms with van der Waals surface area (Å²) in [7, 11) is -3.13. The Morgan fingerprint density at radius 1 is 1.48 bits per heavy atom. The highest BCUT2D eigenvalue weighted by Crippen LogP contribution is 2.24. The Labute approximate surface area is 127 Å². The van der Waals surface area contributed by atoms with E-state index in [0.717, 1.165) is 0 Å². The molecule has 5 nitrogen and oxygen atoms in total. The Balaban J connectivity index is 2.21. The zero-order valence-corrected chi connectivity index (χ0v) is 12.7. The van der Waals surface area contributed by atoms with Gasteiger partial charge in [0.2, 0.25) is 0 Å². The van der Waals surface area contributed by atoms with Gasteiger partial charge in [-0.3, -0.25) is 9.69 Å². The average Bonchev–Trinajstić information content (AvgIpc) is 2.74. The Morgan fingerprint density at radius 3 is 2.76 bits per heavy atom. The summed E-state index contributed by atoms with van der Waals surface area (Å²) in [6.07, 6.45) is 0.378. The lowest BCUT2D eigenvalue weighted by molar-refractivity contribution is -0.139. The molecule has 0 amide bonds. The highest BCUT2D eigenvalue weighted by Gasteiger charge is 2.33. The van der Waals surface area contributed by atoms with E-state index in [1.807, 2.05) is 0 Å². The van der Waals surface area contributed by atoms with Crippen LogP contribution < -0.4 is 0 Å². The summed E-state index contributed by atoms with van der Waals surface area (Å²) in [5, 5.41) is 8.92. The molecule has 1 aliphatic rings. The number of carboxylic acid groups (broad SMARTS) is 1. The number of carbonyl (C=O) groups is 1. The molecule has 8 heteroatoms. The molecule has 1 fully saturated rings. The van der Waals surface area contributed by atoms with Crippen LogP contribution in [0.3, 0.4) is 0 Å². The summed E-state index contributed by atoms with van der Waals surface area (Å²) < 4.78 is 36.5. The standard InChI is InChI=1S/C13H15ClFNO4S/c14-13-9(2-1-3-11(13)15)6-16(7-12(17)18)10-4-5-21(19,20)8-10/h1-3,10H,4-8H2,(H,17,18). The summed E-state index contributed by atoms with van der Waals surface area (Å²) in [5.74, 6) is -1.67. The highest BCUT2D eigenvalue weighted by atomic mass is 35.5. The van der Waals surface area contributed by atoms with Crippen LogP contribution >= 0.6 is 11.6 Å². The molecule has 1 N–H and O–H groups in total. The third kappa shape index (κ3) is 4.15. The minimum atomic E-state index is -3.13. The van der Waals surface area contributed by atoms with Crippen molar-refractivity contribution < 1.29 is 22.7 Å². The Morgan fingerprint density at radius 2 is 2.19 bits per heavy atom. The summed E-state index contributed by atoms with van der Waals surface area (Å²) in [5.41, 5.74) is 0.446. The Bertz CT molecular complexity index is 650. The molecular weight excluding hydrogens is 321 g/mol. The molecule has 1 unspecified atom stereocenters. The molecule has 1 heterocycles. The molecule has 1 saturated heterocycles. The maximum atomic E-state index is 13.4. The molecule has 2 rings (SSSR count). The van der Waals surface area contributed by atoms with Gasteiger partial charge in [0.05, 0.1) is 23.1 Å². The number of nitrogens with zero attached hydrogens (tertiary/aromatic N) is 1. The van der Waals surface area contributed by atoms with Gasteiger partial charge in [-0.15, -0.1) is 0 Å². The fraction of sp³-hybridized carbons (Fsp3) is 0.462. The van der Waals surface area contributed by atoms with Crippen molar-refractivity contribution in [1.29, 1.82) is 0 Å². The molecule has 0 saturated carbocycles. The van der Waals surface area contributed by atoms with E-state index in [1.165, 1.54) is 17.0 Å². The minimum absolute atomic E-state index is 0.0463. The molecule has 0 bridgehead atoms. The molecule has 0 aromatic heterocycles. The number of hydrogen-bond acceptors (Lipinski definition) is 4. The van der Waals surface area contributed by atoms with Crippen molar-refractivity contribution >= 4 is 27.4 Å². The van der Waals surface area contributed by atoms with Crippen LogP contribution in [0.15, 0.2) is 18.2 Å². The van der Waals surface area contributed by atoms with Gasteiger partial charge in [-0.25, -0.2) is 12.8 Å². The van der Waals surface area contributed by atoms with Crippen LogP contribution in [0.4, 0.5) is 4.39 Å².